The lowest BCUT2D eigenvalue weighted by atomic mass is 10.2. The average molecular weight is 431 g/mol. The molecule has 0 aliphatic carbocycles. The molecule has 1 aliphatic heterocycles. The van der Waals surface area contributed by atoms with Crippen LogP contribution >= 0.6 is 0 Å². The Morgan fingerprint density at radius 3 is 2.52 bits per heavy atom. The van der Waals surface area contributed by atoms with Gasteiger partial charge in [0.15, 0.2) is 0 Å². The minimum absolute atomic E-state index is 0.0496. The summed E-state index contributed by atoms with van der Waals surface area (Å²) in [7, 11) is 0. The third kappa shape index (κ3) is 5.33. The SMILES string of the molecule is O=C1CCn2nnc(CNc3ccc(OC(F)(F)F)cc3)c2CN1Cc1ccccc1. The molecule has 0 radical (unpaired) electrons. The third-order valence-corrected chi connectivity index (χ3v) is 4.91. The Balaban J connectivity index is 1.43. The van der Waals surface area contributed by atoms with Gasteiger partial charge in [0.25, 0.3) is 0 Å². The summed E-state index contributed by atoms with van der Waals surface area (Å²) in [6, 6.07) is 15.2. The molecular formula is C21H20F3N5O2. The van der Waals surface area contributed by atoms with Gasteiger partial charge in [-0.05, 0) is 29.8 Å². The standard InChI is InChI=1S/C21H20F3N5O2/c22-21(23,24)31-17-8-6-16(7-9-17)25-12-18-19-14-28(13-15-4-2-1-3-5-15)20(30)10-11-29(19)27-26-18/h1-9,25H,10-14H2. The van der Waals surface area contributed by atoms with Crippen LogP contribution in [0, 0.1) is 0 Å². The minimum Gasteiger partial charge on any atom is -0.406 e. The normalized spacial score (nSPS) is 14.2. The highest BCUT2D eigenvalue weighted by molar-refractivity contribution is 5.76. The number of aromatic nitrogens is 3. The maximum absolute atomic E-state index is 12.6. The summed E-state index contributed by atoms with van der Waals surface area (Å²) in [5.41, 5.74) is 3.18. The molecule has 0 bridgehead atoms. The molecule has 1 amide bonds. The Morgan fingerprint density at radius 1 is 1.06 bits per heavy atom. The van der Waals surface area contributed by atoms with Gasteiger partial charge in [0.05, 0.1) is 25.3 Å². The summed E-state index contributed by atoms with van der Waals surface area (Å²) < 4.78 is 42.5. The van der Waals surface area contributed by atoms with E-state index in [0.29, 0.717) is 44.0 Å². The lowest BCUT2D eigenvalue weighted by Crippen LogP contribution is -2.29. The molecule has 1 aromatic heterocycles. The van der Waals surface area contributed by atoms with Crippen molar-refractivity contribution >= 4 is 11.6 Å². The average Bonchev–Trinajstić information content (AvgIpc) is 3.05. The van der Waals surface area contributed by atoms with Crippen LogP contribution in [0.1, 0.15) is 23.4 Å². The van der Waals surface area contributed by atoms with Gasteiger partial charge in [-0.25, -0.2) is 4.68 Å². The molecule has 1 N–H and O–H groups in total. The van der Waals surface area contributed by atoms with Crippen molar-refractivity contribution in [2.24, 2.45) is 0 Å². The molecular weight excluding hydrogens is 411 g/mol. The molecule has 0 fully saturated rings. The van der Waals surface area contributed by atoms with Crippen molar-refractivity contribution in [2.75, 3.05) is 5.32 Å². The van der Waals surface area contributed by atoms with Gasteiger partial charge >= 0.3 is 6.36 Å². The van der Waals surface area contributed by atoms with Gasteiger partial charge in [-0.1, -0.05) is 35.5 Å². The van der Waals surface area contributed by atoms with E-state index in [4.69, 9.17) is 0 Å². The van der Waals surface area contributed by atoms with Crippen molar-refractivity contribution in [1.29, 1.82) is 0 Å². The number of hydrogen-bond donors (Lipinski definition) is 1. The van der Waals surface area contributed by atoms with E-state index >= 15 is 0 Å². The molecule has 31 heavy (non-hydrogen) atoms. The first-order chi connectivity index (χ1) is 14.9. The monoisotopic (exact) mass is 431 g/mol. The van der Waals surface area contributed by atoms with Gasteiger partial charge in [0.1, 0.15) is 11.4 Å². The fraction of sp³-hybridized carbons (Fsp3) is 0.286. The maximum atomic E-state index is 12.6. The number of alkyl halides is 3. The predicted molar refractivity (Wildman–Crippen MR) is 106 cm³/mol. The van der Waals surface area contributed by atoms with Crippen molar-refractivity contribution in [1.82, 2.24) is 19.9 Å². The quantitative estimate of drug-likeness (QED) is 0.644. The molecule has 1 aliphatic rings. The van der Waals surface area contributed by atoms with E-state index < -0.39 is 6.36 Å². The molecule has 0 saturated carbocycles. The molecule has 162 valence electrons. The van der Waals surface area contributed by atoms with Crippen molar-refractivity contribution in [2.45, 2.75) is 39.0 Å². The first kappa shape index (κ1) is 20.7. The lowest BCUT2D eigenvalue weighted by molar-refractivity contribution is -0.274. The molecule has 0 unspecified atom stereocenters. The second kappa shape index (κ2) is 8.66. The number of amides is 1. The van der Waals surface area contributed by atoms with Gasteiger partial charge < -0.3 is 15.0 Å². The van der Waals surface area contributed by atoms with Crippen LogP contribution in [-0.4, -0.2) is 32.2 Å². The van der Waals surface area contributed by atoms with Crippen molar-refractivity contribution in [3.05, 3.63) is 71.5 Å². The minimum atomic E-state index is -4.72. The number of aryl methyl sites for hydroxylation is 1. The largest absolute Gasteiger partial charge is 0.573 e. The number of nitrogens with zero attached hydrogens (tertiary/aromatic N) is 4. The number of carbonyl (C=O) groups is 1. The fourth-order valence-corrected chi connectivity index (χ4v) is 3.40. The van der Waals surface area contributed by atoms with Gasteiger partial charge in [0.2, 0.25) is 5.91 Å². The van der Waals surface area contributed by atoms with E-state index in [-0.39, 0.29) is 11.7 Å². The fourth-order valence-electron chi connectivity index (χ4n) is 3.40. The van der Waals surface area contributed by atoms with Gasteiger partial charge in [-0.15, -0.1) is 18.3 Å². The smallest absolute Gasteiger partial charge is 0.406 e. The van der Waals surface area contributed by atoms with Crippen LogP contribution in [0.2, 0.25) is 0 Å². The molecule has 0 atom stereocenters. The molecule has 10 heteroatoms. The van der Waals surface area contributed by atoms with Crippen molar-refractivity contribution in [3.63, 3.8) is 0 Å². The van der Waals surface area contributed by atoms with Crippen molar-refractivity contribution in [3.8, 4) is 5.75 Å². The highest BCUT2D eigenvalue weighted by atomic mass is 19.4. The third-order valence-electron chi connectivity index (χ3n) is 4.91. The first-order valence-electron chi connectivity index (χ1n) is 9.70. The second-order valence-corrected chi connectivity index (χ2v) is 7.12. The topological polar surface area (TPSA) is 72.3 Å². The van der Waals surface area contributed by atoms with Crippen LogP contribution in [0.25, 0.3) is 0 Å². The van der Waals surface area contributed by atoms with Crippen LogP contribution in [0.5, 0.6) is 5.75 Å². The molecule has 4 rings (SSSR count). The number of carbonyl (C=O) groups excluding carboxylic acids is 1. The van der Waals surface area contributed by atoms with Gasteiger partial charge in [-0.3, -0.25) is 4.79 Å². The first-order valence-corrected chi connectivity index (χ1v) is 9.70. The van der Waals surface area contributed by atoms with E-state index in [1.165, 1.54) is 24.3 Å². The van der Waals surface area contributed by atoms with Crippen LogP contribution in [-0.2, 0) is 31.0 Å². The molecule has 7 nitrogen and oxygen atoms in total. The van der Waals surface area contributed by atoms with Gasteiger partial charge in [0, 0.05) is 18.7 Å². The number of halogens is 3. The number of rotatable bonds is 6. The van der Waals surface area contributed by atoms with E-state index in [1.54, 1.807) is 9.58 Å². The molecule has 3 aromatic rings. The maximum Gasteiger partial charge on any atom is 0.573 e. The Labute approximate surface area is 176 Å². The Morgan fingerprint density at radius 2 is 1.81 bits per heavy atom. The Kier molecular flexibility index (Phi) is 5.79. The van der Waals surface area contributed by atoms with E-state index in [1.807, 2.05) is 30.3 Å². The number of ether oxygens (including phenoxy) is 1. The number of fused-ring (bicyclic) bond motifs is 1. The number of anilines is 1. The van der Waals surface area contributed by atoms with Gasteiger partial charge in [-0.2, -0.15) is 0 Å². The zero-order chi connectivity index (χ0) is 21.8. The van der Waals surface area contributed by atoms with E-state index in [2.05, 4.69) is 20.4 Å². The summed E-state index contributed by atoms with van der Waals surface area (Å²) >= 11 is 0. The molecule has 2 heterocycles. The summed E-state index contributed by atoms with van der Waals surface area (Å²) in [4.78, 5) is 14.3. The van der Waals surface area contributed by atoms with E-state index in [0.717, 1.165) is 11.3 Å². The summed E-state index contributed by atoms with van der Waals surface area (Å²) in [6.45, 7) is 1.66. The lowest BCUT2D eigenvalue weighted by Gasteiger charge is -2.20. The number of hydrogen-bond acceptors (Lipinski definition) is 5. The van der Waals surface area contributed by atoms with E-state index in [9.17, 15) is 18.0 Å². The molecule has 2 aromatic carbocycles. The van der Waals surface area contributed by atoms with Crippen LogP contribution in [0.3, 0.4) is 0 Å². The molecule has 0 spiro atoms. The zero-order valence-corrected chi connectivity index (χ0v) is 16.5. The van der Waals surface area contributed by atoms with Crippen LogP contribution in [0.15, 0.2) is 54.6 Å². The summed E-state index contributed by atoms with van der Waals surface area (Å²) in [6.07, 6.45) is -4.38. The van der Waals surface area contributed by atoms with Crippen molar-refractivity contribution < 1.29 is 22.7 Å². The van der Waals surface area contributed by atoms with Crippen LogP contribution in [0.4, 0.5) is 18.9 Å². The second-order valence-electron chi connectivity index (χ2n) is 7.12. The highest BCUT2D eigenvalue weighted by Crippen LogP contribution is 2.24. The Hall–Kier alpha value is -3.56. The predicted octanol–water partition coefficient (Wildman–Crippen LogP) is 3.72. The summed E-state index contributed by atoms with van der Waals surface area (Å²) in [5, 5.41) is 11.5. The van der Waals surface area contributed by atoms with Crippen LogP contribution < -0.4 is 10.1 Å². The number of nitrogens with one attached hydrogen (secondary N) is 1. The number of benzene rings is 2. The molecule has 0 saturated heterocycles. The Bertz CT molecular complexity index is 1040. The zero-order valence-electron chi connectivity index (χ0n) is 16.5. The summed E-state index contributed by atoms with van der Waals surface area (Å²) in [5.74, 6) is -0.237. The highest BCUT2D eigenvalue weighted by Gasteiger charge is 2.31.